The number of hydrogen-bond acceptors (Lipinski definition) is 8. The zero-order chi connectivity index (χ0) is 34.6. The number of aromatic hydroxyl groups is 2. The second kappa shape index (κ2) is 12.3. The van der Waals surface area contributed by atoms with E-state index in [9.17, 15) is 20.3 Å². The van der Waals surface area contributed by atoms with Gasteiger partial charge in [-0.2, -0.15) is 0 Å². The fourth-order valence-corrected chi connectivity index (χ4v) is 7.87. The lowest BCUT2D eigenvalue weighted by atomic mass is 9.38. The number of phenolic OH excluding ortho intramolecular Hbond substituents is 2. The van der Waals surface area contributed by atoms with Gasteiger partial charge >= 0.3 is 0 Å². The van der Waals surface area contributed by atoms with E-state index in [2.05, 4.69) is 18.7 Å². The predicted molar refractivity (Wildman–Crippen MR) is 176 cm³/mol. The van der Waals surface area contributed by atoms with E-state index in [1.54, 1.807) is 13.8 Å². The Labute approximate surface area is 272 Å². The Morgan fingerprint density at radius 2 is 1.65 bits per heavy atom. The number of benzene rings is 1. The molecule has 2 fully saturated rings. The molecule has 2 bridgehead atoms. The van der Waals surface area contributed by atoms with Crippen molar-refractivity contribution >= 4 is 17.3 Å². The van der Waals surface area contributed by atoms with Crippen molar-refractivity contribution < 1.29 is 39.5 Å². The number of carbonyl (C=O) groups excluding carboxylic acids is 3. The summed E-state index contributed by atoms with van der Waals surface area (Å²) in [6, 6.07) is 3.65. The van der Waals surface area contributed by atoms with Gasteiger partial charge in [0.2, 0.25) is 0 Å². The van der Waals surface area contributed by atoms with Crippen LogP contribution >= 0.6 is 0 Å². The van der Waals surface area contributed by atoms with Crippen LogP contribution in [0.3, 0.4) is 0 Å². The lowest BCUT2D eigenvalue weighted by Crippen LogP contribution is -2.70. The molecule has 1 saturated heterocycles. The molecular formula is C38H50O8. The Kier molecular flexibility index (Phi) is 9.43. The summed E-state index contributed by atoms with van der Waals surface area (Å²) in [5.74, 6) is -2.94. The van der Waals surface area contributed by atoms with Crippen LogP contribution in [0.1, 0.15) is 105 Å². The quantitative estimate of drug-likeness (QED) is 0.0448. The fourth-order valence-electron chi connectivity index (χ4n) is 7.87. The van der Waals surface area contributed by atoms with E-state index in [1.807, 2.05) is 48.5 Å². The van der Waals surface area contributed by atoms with Crippen molar-refractivity contribution in [1.29, 1.82) is 0 Å². The van der Waals surface area contributed by atoms with E-state index < -0.39 is 51.0 Å². The molecule has 1 saturated carbocycles. The standard InChI is InChI=1S/C38H50O8/c1-21(2)11-13-25(23(5)6)18-37-19-26(15-12-22(3)4)35(7,8)38(34(37)43)20-29(46-44)36(9,10)45-33(38)30(32(37)42)31(41)24-14-16-27(39)28(40)17-24/h11-12,14,16-17,25-26,29,39-40,44H,5,13,15,18-20H2,1-4,6-10H3/t25-,26+,29+,37+,38-/m0/s1. The molecule has 3 aliphatic rings. The van der Waals surface area contributed by atoms with Crippen molar-refractivity contribution in [3.8, 4) is 11.5 Å². The molecule has 3 N–H and O–H groups in total. The van der Waals surface area contributed by atoms with E-state index in [-0.39, 0.29) is 53.8 Å². The van der Waals surface area contributed by atoms with Gasteiger partial charge < -0.3 is 14.9 Å². The van der Waals surface area contributed by atoms with Crippen molar-refractivity contribution in [3.63, 3.8) is 0 Å². The first kappa shape index (κ1) is 35.4. The number of rotatable bonds is 10. The molecule has 0 radical (unpaired) electrons. The van der Waals surface area contributed by atoms with Gasteiger partial charge in [-0.15, -0.1) is 0 Å². The number of carbonyl (C=O) groups is 3. The molecule has 5 atom stereocenters. The van der Waals surface area contributed by atoms with Gasteiger partial charge in [0.25, 0.3) is 0 Å². The van der Waals surface area contributed by atoms with Gasteiger partial charge in [0, 0.05) is 12.0 Å². The maximum Gasteiger partial charge on any atom is 0.200 e. The SMILES string of the molecule is C=C(C)[C@@H](CC=C(C)C)C[C@@]12C[C@@H](CC=C(C)C)C(C)(C)[C@]3(C[C@@H](OO)C(C)(C)OC3=C(C(=O)c3ccc(O)c(O)c3)C1=O)C2=O. The van der Waals surface area contributed by atoms with E-state index in [0.29, 0.717) is 12.8 Å². The predicted octanol–water partition coefficient (Wildman–Crippen LogP) is 8.06. The number of ether oxygens (including phenoxy) is 1. The minimum absolute atomic E-state index is 0.00132. The monoisotopic (exact) mass is 634 g/mol. The third kappa shape index (κ3) is 5.57. The molecule has 2 aliphatic carbocycles. The van der Waals surface area contributed by atoms with Crippen LogP contribution in [0.4, 0.5) is 0 Å². The molecule has 46 heavy (non-hydrogen) atoms. The minimum atomic E-state index is -1.59. The summed E-state index contributed by atoms with van der Waals surface area (Å²) in [7, 11) is 0. The third-order valence-electron chi connectivity index (χ3n) is 11.0. The van der Waals surface area contributed by atoms with Crippen LogP contribution in [0, 0.1) is 28.1 Å². The highest BCUT2D eigenvalue weighted by molar-refractivity contribution is 6.35. The van der Waals surface area contributed by atoms with Gasteiger partial charge in [-0.3, -0.25) is 19.6 Å². The minimum Gasteiger partial charge on any atom is -0.504 e. The second-order valence-corrected chi connectivity index (χ2v) is 15.3. The van der Waals surface area contributed by atoms with Crippen LogP contribution in [-0.4, -0.2) is 44.5 Å². The largest absolute Gasteiger partial charge is 0.504 e. The third-order valence-corrected chi connectivity index (χ3v) is 11.0. The van der Waals surface area contributed by atoms with E-state index >= 15 is 9.59 Å². The average molecular weight is 635 g/mol. The Bertz CT molecular complexity index is 1550. The zero-order valence-corrected chi connectivity index (χ0v) is 28.7. The smallest absolute Gasteiger partial charge is 0.200 e. The van der Waals surface area contributed by atoms with E-state index in [4.69, 9.17) is 9.62 Å². The molecule has 250 valence electrons. The van der Waals surface area contributed by atoms with Crippen LogP contribution in [0.15, 0.2) is 65.0 Å². The molecular weight excluding hydrogens is 584 g/mol. The van der Waals surface area contributed by atoms with Gasteiger partial charge in [0.05, 0.1) is 10.8 Å². The Morgan fingerprint density at radius 3 is 2.20 bits per heavy atom. The van der Waals surface area contributed by atoms with Crippen molar-refractivity contribution in [2.24, 2.45) is 28.1 Å². The van der Waals surface area contributed by atoms with Crippen LogP contribution < -0.4 is 0 Å². The molecule has 8 heteroatoms. The first-order chi connectivity index (χ1) is 21.3. The van der Waals surface area contributed by atoms with E-state index in [0.717, 1.165) is 22.8 Å². The second-order valence-electron chi connectivity index (χ2n) is 15.3. The highest BCUT2D eigenvalue weighted by atomic mass is 17.1. The molecule has 0 amide bonds. The molecule has 4 rings (SSSR count). The lowest BCUT2D eigenvalue weighted by Gasteiger charge is -2.65. The number of hydrogen-bond donors (Lipinski definition) is 3. The molecule has 1 heterocycles. The van der Waals surface area contributed by atoms with Crippen molar-refractivity contribution in [2.45, 2.75) is 106 Å². The zero-order valence-electron chi connectivity index (χ0n) is 28.7. The first-order valence-electron chi connectivity index (χ1n) is 16.1. The van der Waals surface area contributed by atoms with Gasteiger partial charge in [0.1, 0.15) is 23.0 Å². The molecule has 1 aromatic rings. The molecule has 0 aromatic heterocycles. The highest BCUT2D eigenvalue weighted by Gasteiger charge is 2.75. The normalized spacial score (nSPS) is 28.5. The van der Waals surface area contributed by atoms with Crippen LogP contribution in [0.25, 0.3) is 0 Å². The topological polar surface area (TPSA) is 130 Å². The molecule has 8 nitrogen and oxygen atoms in total. The Hall–Kier alpha value is -3.49. The number of fused-ring (bicyclic) bond motifs is 1. The van der Waals surface area contributed by atoms with Gasteiger partial charge in [0.15, 0.2) is 28.8 Å². The Morgan fingerprint density at radius 1 is 1.02 bits per heavy atom. The van der Waals surface area contributed by atoms with Gasteiger partial charge in [-0.25, -0.2) is 4.89 Å². The van der Waals surface area contributed by atoms with Crippen molar-refractivity contribution in [2.75, 3.05) is 0 Å². The van der Waals surface area contributed by atoms with Crippen molar-refractivity contribution in [3.05, 3.63) is 70.5 Å². The van der Waals surface area contributed by atoms with Crippen molar-refractivity contribution in [1.82, 2.24) is 0 Å². The van der Waals surface area contributed by atoms with Gasteiger partial charge in [-0.05, 0) is 110 Å². The van der Waals surface area contributed by atoms with Crippen LogP contribution in [-0.2, 0) is 19.2 Å². The Balaban J connectivity index is 2.11. The summed E-state index contributed by atoms with van der Waals surface area (Å²) in [5, 5.41) is 30.4. The average Bonchev–Trinajstić information content (AvgIpc) is 2.95. The summed E-state index contributed by atoms with van der Waals surface area (Å²) in [5.41, 5.74) is -2.35. The maximum absolute atomic E-state index is 15.5. The molecule has 1 aliphatic heterocycles. The van der Waals surface area contributed by atoms with Crippen LogP contribution in [0.5, 0.6) is 11.5 Å². The summed E-state index contributed by atoms with van der Waals surface area (Å²) >= 11 is 0. The number of allylic oxidation sites excluding steroid dienone is 7. The number of phenols is 2. The van der Waals surface area contributed by atoms with E-state index in [1.165, 1.54) is 12.1 Å². The first-order valence-corrected chi connectivity index (χ1v) is 16.1. The summed E-state index contributed by atoms with van der Waals surface area (Å²) in [4.78, 5) is 50.2. The highest BCUT2D eigenvalue weighted by Crippen LogP contribution is 2.70. The fraction of sp³-hybridized carbons (Fsp3) is 0.553. The van der Waals surface area contributed by atoms with Gasteiger partial charge in [-0.1, -0.05) is 49.3 Å². The summed E-state index contributed by atoms with van der Waals surface area (Å²) in [6.45, 7) is 21.5. The summed E-state index contributed by atoms with van der Waals surface area (Å²) < 4.78 is 6.57. The summed E-state index contributed by atoms with van der Waals surface area (Å²) in [6.07, 6.45) is 4.81. The molecule has 1 aromatic carbocycles. The van der Waals surface area contributed by atoms with Crippen LogP contribution in [0.2, 0.25) is 0 Å². The maximum atomic E-state index is 15.5. The number of ketones is 3. The number of Topliss-reactive ketones (excluding diaryl/α,β-unsaturated/α-hetero) is 3. The molecule has 0 unspecified atom stereocenters. The lowest BCUT2D eigenvalue weighted by molar-refractivity contribution is -0.335. The molecule has 1 spiro atoms.